The molecule has 0 aliphatic carbocycles. The van der Waals surface area contributed by atoms with Crippen molar-refractivity contribution in [3.63, 3.8) is 0 Å². The van der Waals surface area contributed by atoms with Crippen LogP contribution in [-0.4, -0.2) is 23.2 Å². The summed E-state index contributed by atoms with van der Waals surface area (Å²) in [6.45, 7) is 5.58. The van der Waals surface area contributed by atoms with E-state index in [4.69, 9.17) is 27.9 Å². The van der Waals surface area contributed by atoms with Crippen LogP contribution in [0.4, 0.5) is 0 Å². The van der Waals surface area contributed by atoms with E-state index < -0.39 is 0 Å². The molecule has 1 aromatic heterocycles. The summed E-state index contributed by atoms with van der Waals surface area (Å²) in [5.74, 6) is 1.31. The summed E-state index contributed by atoms with van der Waals surface area (Å²) in [5.41, 5.74) is 0.837. The Balaban J connectivity index is 2.31. The zero-order valence-electron chi connectivity index (χ0n) is 10.0. The molecule has 1 aliphatic rings. The molecular weight excluding hydrogens is 259 g/mol. The van der Waals surface area contributed by atoms with E-state index in [-0.39, 0.29) is 5.92 Å². The number of hydrogen-bond donors (Lipinski definition) is 0. The van der Waals surface area contributed by atoms with Gasteiger partial charge in [-0.15, -0.1) is 0 Å². The number of aromatic nitrogens is 2. The van der Waals surface area contributed by atoms with E-state index in [0.717, 1.165) is 37.4 Å². The zero-order chi connectivity index (χ0) is 12.4. The Labute approximate surface area is 112 Å². The van der Waals surface area contributed by atoms with Crippen molar-refractivity contribution in [2.75, 3.05) is 13.2 Å². The summed E-state index contributed by atoms with van der Waals surface area (Å²) in [6, 6.07) is 0. The highest BCUT2D eigenvalue weighted by Crippen LogP contribution is 2.32. The summed E-state index contributed by atoms with van der Waals surface area (Å²) in [7, 11) is 0. The quantitative estimate of drug-likeness (QED) is 0.770. The number of rotatable bonds is 2. The molecule has 0 atom stereocenters. The lowest BCUT2D eigenvalue weighted by molar-refractivity contribution is 0.0835. The van der Waals surface area contributed by atoms with Gasteiger partial charge >= 0.3 is 0 Å². The average Bonchev–Trinajstić information content (AvgIpc) is 2.28. The van der Waals surface area contributed by atoms with Gasteiger partial charge in [0.15, 0.2) is 0 Å². The van der Waals surface area contributed by atoms with Crippen LogP contribution in [0.2, 0.25) is 10.3 Å². The van der Waals surface area contributed by atoms with Gasteiger partial charge in [-0.05, 0) is 18.8 Å². The second-order valence-corrected chi connectivity index (χ2v) is 5.33. The van der Waals surface area contributed by atoms with Gasteiger partial charge in [0.1, 0.15) is 16.1 Å². The third-order valence-corrected chi connectivity index (χ3v) is 3.61. The first-order valence-electron chi connectivity index (χ1n) is 5.90. The Morgan fingerprint density at radius 1 is 1.12 bits per heavy atom. The number of halogens is 2. The maximum Gasteiger partial charge on any atom is 0.137 e. The molecule has 0 unspecified atom stereocenters. The van der Waals surface area contributed by atoms with Gasteiger partial charge in [-0.25, -0.2) is 9.97 Å². The van der Waals surface area contributed by atoms with Gasteiger partial charge in [-0.3, -0.25) is 0 Å². The smallest absolute Gasteiger partial charge is 0.137 e. The first kappa shape index (κ1) is 13.1. The molecule has 0 radical (unpaired) electrons. The standard InChI is InChI=1S/C12H16Cl2N2O/c1-7(2)9-10(13)15-12(16-11(9)14)8-3-5-17-6-4-8/h7-8H,3-6H2,1-2H3. The molecule has 2 rings (SSSR count). The van der Waals surface area contributed by atoms with Gasteiger partial charge in [-0.1, -0.05) is 37.0 Å². The number of nitrogens with zero attached hydrogens (tertiary/aromatic N) is 2. The van der Waals surface area contributed by atoms with E-state index in [1.165, 1.54) is 0 Å². The first-order chi connectivity index (χ1) is 8.09. The van der Waals surface area contributed by atoms with Crippen LogP contribution in [0.3, 0.4) is 0 Å². The monoisotopic (exact) mass is 274 g/mol. The van der Waals surface area contributed by atoms with Crippen LogP contribution < -0.4 is 0 Å². The minimum atomic E-state index is 0.235. The van der Waals surface area contributed by atoms with E-state index in [0.29, 0.717) is 16.2 Å². The summed E-state index contributed by atoms with van der Waals surface area (Å²) in [5, 5.41) is 0.975. The Morgan fingerprint density at radius 2 is 1.65 bits per heavy atom. The Bertz CT molecular complexity index is 380. The summed E-state index contributed by atoms with van der Waals surface area (Å²) in [4.78, 5) is 8.79. The van der Waals surface area contributed by atoms with Crippen molar-refractivity contribution >= 4 is 23.2 Å². The van der Waals surface area contributed by atoms with E-state index in [1.807, 2.05) is 13.8 Å². The normalized spacial score (nSPS) is 17.7. The highest BCUT2D eigenvalue weighted by atomic mass is 35.5. The Morgan fingerprint density at radius 3 is 2.12 bits per heavy atom. The van der Waals surface area contributed by atoms with Crippen molar-refractivity contribution in [2.24, 2.45) is 0 Å². The highest BCUT2D eigenvalue weighted by molar-refractivity contribution is 6.34. The van der Waals surface area contributed by atoms with E-state index in [9.17, 15) is 0 Å². The van der Waals surface area contributed by atoms with Gasteiger partial charge < -0.3 is 4.74 Å². The minimum Gasteiger partial charge on any atom is -0.381 e. The Hall–Kier alpha value is -0.380. The first-order valence-corrected chi connectivity index (χ1v) is 6.65. The van der Waals surface area contributed by atoms with Crippen LogP contribution in [0.15, 0.2) is 0 Å². The van der Waals surface area contributed by atoms with E-state index in [1.54, 1.807) is 0 Å². The average molecular weight is 275 g/mol. The fraction of sp³-hybridized carbons (Fsp3) is 0.667. The van der Waals surface area contributed by atoms with Crippen LogP contribution in [0, 0.1) is 0 Å². The van der Waals surface area contributed by atoms with Gasteiger partial charge in [-0.2, -0.15) is 0 Å². The molecule has 1 aliphatic heterocycles. The molecule has 0 amide bonds. The molecule has 0 saturated carbocycles. The van der Waals surface area contributed by atoms with Crippen LogP contribution in [0.5, 0.6) is 0 Å². The Kier molecular flexibility index (Phi) is 4.23. The largest absolute Gasteiger partial charge is 0.381 e. The van der Waals surface area contributed by atoms with Crippen LogP contribution in [0.25, 0.3) is 0 Å². The molecule has 1 aromatic rings. The molecule has 0 bridgehead atoms. The fourth-order valence-electron chi connectivity index (χ4n) is 2.05. The molecule has 17 heavy (non-hydrogen) atoms. The molecule has 2 heterocycles. The summed E-state index contributed by atoms with van der Waals surface area (Å²) < 4.78 is 5.32. The fourth-order valence-corrected chi connectivity index (χ4v) is 2.88. The van der Waals surface area contributed by atoms with Crippen molar-refractivity contribution in [1.82, 2.24) is 9.97 Å². The maximum atomic E-state index is 6.18. The lowest BCUT2D eigenvalue weighted by Crippen LogP contribution is -2.17. The zero-order valence-corrected chi connectivity index (χ0v) is 11.6. The molecule has 5 heteroatoms. The molecule has 1 saturated heterocycles. The lowest BCUT2D eigenvalue weighted by Gasteiger charge is -2.21. The van der Waals surface area contributed by atoms with Gasteiger partial charge in [0.2, 0.25) is 0 Å². The molecule has 3 nitrogen and oxygen atoms in total. The summed E-state index contributed by atoms with van der Waals surface area (Å²) >= 11 is 12.4. The predicted octanol–water partition coefficient (Wildman–Crippen LogP) is 3.80. The van der Waals surface area contributed by atoms with Crippen LogP contribution in [-0.2, 0) is 4.74 Å². The van der Waals surface area contributed by atoms with Crippen molar-refractivity contribution in [2.45, 2.75) is 38.5 Å². The van der Waals surface area contributed by atoms with Crippen LogP contribution in [0.1, 0.15) is 49.9 Å². The SMILES string of the molecule is CC(C)c1c(Cl)nc(C2CCOCC2)nc1Cl. The molecule has 0 aromatic carbocycles. The van der Waals surface area contributed by atoms with Crippen molar-refractivity contribution in [3.05, 3.63) is 21.7 Å². The number of ether oxygens (including phenoxy) is 1. The van der Waals surface area contributed by atoms with Gasteiger partial charge in [0.25, 0.3) is 0 Å². The summed E-state index contributed by atoms with van der Waals surface area (Å²) in [6.07, 6.45) is 1.88. The molecule has 0 spiro atoms. The van der Waals surface area contributed by atoms with Crippen molar-refractivity contribution in [3.8, 4) is 0 Å². The van der Waals surface area contributed by atoms with Crippen molar-refractivity contribution in [1.29, 1.82) is 0 Å². The second kappa shape index (κ2) is 5.51. The number of hydrogen-bond acceptors (Lipinski definition) is 3. The predicted molar refractivity (Wildman–Crippen MR) is 68.9 cm³/mol. The van der Waals surface area contributed by atoms with E-state index >= 15 is 0 Å². The van der Waals surface area contributed by atoms with Crippen LogP contribution >= 0.6 is 23.2 Å². The third-order valence-electron chi connectivity index (χ3n) is 3.03. The van der Waals surface area contributed by atoms with Gasteiger partial charge in [0.05, 0.1) is 0 Å². The van der Waals surface area contributed by atoms with Crippen molar-refractivity contribution < 1.29 is 4.74 Å². The maximum absolute atomic E-state index is 6.18. The topological polar surface area (TPSA) is 35.0 Å². The van der Waals surface area contributed by atoms with Gasteiger partial charge in [0, 0.05) is 24.7 Å². The molecule has 94 valence electrons. The molecule has 0 N–H and O–H groups in total. The molecular formula is C12H16Cl2N2O. The lowest BCUT2D eigenvalue weighted by atomic mass is 9.99. The highest BCUT2D eigenvalue weighted by Gasteiger charge is 2.22. The van der Waals surface area contributed by atoms with E-state index in [2.05, 4.69) is 9.97 Å². The minimum absolute atomic E-state index is 0.235. The second-order valence-electron chi connectivity index (χ2n) is 4.62. The molecule has 1 fully saturated rings. The third kappa shape index (κ3) is 2.90.